The van der Waals surface area contributed by atoms with E-state index in [0.717, 1.165) is 16.7 Å². The van der Waals surface area contributed by atoms with Crippen LogP contribution in [0.1, 0.15) is 22.3 Å². The van der Waals surface area contributed by atoms with Gasteiger partial charge < -0.3 is 0 Å². The summed E-state index contributed by atoms with van der Waals surface area (Å²) in [5.41, 5.74) is 9.53. The molecule has 0 nitrogen and oxygen atoms in total. The zero-order valence-corrected chi connectivity index (χ0v) is 15.4. The quantitative estimate of drug-likeness (QED) is 0.295. The van der Waals surface area contributed by atoms with Gasteiger partial charge >= 0.3 is 0 Å². The van der Waals surface area contributed by atoms with Gasteiger partial charge in [-0.05, 0) is 39.9 Å². The maximum absolute atomic E-state index is 3.51. The highest BCUT2D eigenvalue weighted by Gasteiger charge is 2.25. The summed E-state index contributed by atoms with van der Waals surface area (Å²) in [7, 11) is 0. The van der Waals surface area contributed by atoms with Crippen LogP contribution >= 0.6 is 0 Å². The van der Waals surface area contributed by atoms with Crippen LogP contribution in [0.5, 0.6) is 0 Å². The SMILES string of the molecule is C(#Cc1ccccc1)C(=C1c2ccccc2-c2ccccc21)c1ccccc1. The van der Waals surface area contributed by atoms with Crippen molar-refractivity contribution in [3.8, 4) is 23.0 Å². The lowest BCUT2D eigenvalue weighted by Crippen LogP contribution is -1.90. The molecule has 0 heterocycles. The lowest BCUT2D eigenvalue weighted by atomic mass is 9.93. The Balaban J connectivity index is 1.82. The second-order valence-electron chi connectivity index (χ2n) is 6.82. The minimum absolute atomic E-state index is 1.02. The van der Waals surface area contributed by atoms with Crippen molar-refractivity contribution < 1.29 is 0 Å². The third kappa shape index (κ3) is 2.84. The molecule has 0 bridgehead atoms. The molecule has 0 saturated heterocycles. The van der Waals surface area contributed by atoms with Crippen LogP contribution in [0.3, 0.4) is 0 Å². The van der Waals surface area contributed by atoms with Crippen LogP contribution in [0.4, 0.5) is 0 Å². The Labute approximate surface area is 165 Å². The molecule has 1 aliphatic carbocycles. The molecular formula is C28H18. The van der Waals surface area contributed by atoms with Gasteiger partial charge in [-0.2, -0.15) is 0 Å². The lowest BCUT2D eigenvalue weighted by molar-refractivity contribution is 1.61. The standard InChI is InChI=1S/C28H18/c1-3-11-21(12-4-1)19-20-23(22-13-5-2-6-14-22)28-26-17-9-7-15-24(26)25-16-8-10-18-27(25)28/h1-18H. The summed E-state index contributed by atoms with van der Waals surface area (Å²) in [4.78, 5) is 0. The highest BCUT2D eigenvalue weighted by atomic mass is 14.3. The first-order valence-corrected chi connectivity index (χ1v) is 9.48. The van der Waals surface area contributed by atoms with E-state index in [2.05, 4.69) is 96.8 Å². The van der Waals surface area contributed by atoms with Crippen molar-refractivity contribution in [3.05, 3.63) is 131 Å². The van der Waals surface area contributed by atoms with Crippen molar-refractivity contribution in [2.24, 2.45) is 0 Å². The van der Waals surface area contributed by atoms with Gasteiger partial charge in [0, 0.05) is 16.7 Å². The first-order chi connectivity index (χ1) is 13.9. The van der Waals surface area contributed by atoms with Crippen molar-refractivity contribution >= 4 is 11.1 Å². The van der Waals surface area contributed by atoms with Crippen LogP contribution in [-0.4, -0.2) is 0 Å². The van der Waals surface area contributed by atoms with Crippen LogP contribution < -0.4 is 0 Å². The zero-order chi connectivity index (χ0) is 18.8. The van der Waals surface area contributed by atoms with Crippen molar-refractivity contribution in [2.45, 2.75) is 0 Å². The van der Waals surface area contributed by atoms with Gasteiger partial charge in [0.1, 0.15) is 0 Å². The van der Waals surface area contributed by atoms with Crippen LogP contribution in [0.15, 0.2) is 109 Å². The molecule has 0 heteroatoms. The average Bonchev–Trinajstić information content (AvgIpc) is 3.10. The molecule has 130 valence electrons. The Morgan fingerprint density at radius 2 is 0.929 bits per heavy atom. The van der Waals surface area contributed by atoms with E-state index in [0.29, 0.717) is 0 Å². The van der Waals surface area contributed by atoms with E-state index in [-0.39, 0.29) is 0 Å². The van der Waals surface area contributed by atoms with Crippen molar-refractivity contribution in [1.82, 2.24) is 0 Å². The molecule has 0 N–H and O–H groups in total. The molecule has 0 unspecified atom stereocenters. The van der Waals surface area contributed by atoms with Crippen molar-refractivity contribution in [3.63, 3.8) is 0 Å². The topological polar surface area (TPSA) is 0 Å². The van der Waals surface area contributed by atoms with Gasteiger partial charge in [0.2, 0.25) is 0 Å². The second kappa shape index (κ2) is 7.06. The first kappa shape index (κ1) is 16.4. The van der Waals surface area contributed by atoms with Crippen LogP contribution in [0.2, 0.25) is 0 Å². The zero-order valence-electron chi connectivity index (χ0n) is 15.4. The summed E-state index contributed by atoms with van der Waals surface area (Å²) in [6.45, 7) is 0. The minimum atomic E-state index is 1.02. The molecule has 0 amide bonds. The highest BCUT2D eigenvalue weighted by Crippen LogP contribution is 2.46. The van der Waals surface area contributed by atoms with Gasteiger partial charge in [0.25, 0.3) is 0 Å². The molecule has 0 aliphatic heterocycles. The molecule has 1 aliphatic rings. The number of hydrogen-bond acceptors (Lipinski definition) is 0. The van der Waals surface area contributed by atoms with Crippen molar-refractivity contribution in [1.29, 1.82) is 0 Å². The van der Waals surface area contributed by atoms with Gasteiger partial charge in [0.15, 0.2) is 0 Å². The van der Waals surface area contributed by atoms with E-state index in [1.54, 1.807) is 0 Å². The normalized spacial score (nSPS) is 11.2. The smallest absolute Gasteiger partial charge is 0.0406 e. The molecule has 0 atom stereocenters. The first-order valence-electron chi connectivity index (χ1n) is 9.48. The van der Waals surface area contributed by atoms with Crippen LogP contribution in [0, 0.1) is 11.8 Å². The van der Waals surface area contributed by atoms with Crippen LogP contribution in [-0.2, 0) is 0 Å². The Morgan fingerprint density at radius 3 is 1.50 bits per heavy atom. The van der Waals surface area contributed by atoms with E-state index in [1.807, 2.05) is 24.3 Å². The molecule has 0 radical (unpaired) electrons. The van der Waals surface area contributed by atoms with E-state index in [1.165, 1.54) is 27.8 Å². The molecule has 4 aromatic rings. The molecule has 28 heavy (non-hydrogen) atoms. The Bertz CT molecular complexity index is 1190. The van der Waals surface area contributed by atoms with Gasteiger partial charge in [-0.15, -0.1) is 0 Å². The summed E-state index contributed by atoms with van der Waals surface area (Å²) >= 11 is 0. The molecule has 0 saturated carbocycles. The van der Waals surface area contributed by atoms with Crippen molar-refractivity contribution in [2.75, 3.05) is 0 Å². The predicted molar refractivity (Wildman–Crippen MR) is 118 cm³/mol. The second-order valence-corrected chi connectivity index (χ2v) is 6.82. The van der Waals surface area contributed by atoms with E-state index >= 15 is 0 Å². The molecule has 4 aromatic carbocycles. The van der Waals surface area contributed by atoms with E-state index < -0.39 is 0 Å². The fraction of sp³-hybridized carbons (Fsp3) is 0. The number of allylic oxidation sites excluding steroid dienone is 1. The molecule has 5 rings (SSSR count). The molecule has 0 spiro atoms. The lowest BCUT2D eigenvalue weighted by Gasteiger charge is -2.09. The Kier molecular flexibility index (Phi) is 4.13. The van der Waals surface area contributed by atoms with Gasteiger partial charge in [-0.1, -0.05) is 109 Å². The highest BCUT2D eigenvalue weighted by molar-refractivity contribution is 6.13. The van der Waals surface area contributed by atoms with Gasteiger partial charge in [-0.25, -0.2) is 0 Å². The summed E-state index contributed by atoms with van der Waals surface area (Å²) in [6, 6.07) is 37.9. The number of benzene rings is 4. The fourth-order valence-corrected chi connectivity index (χ4v) is 3.83. The largest absolute Gasteiger partial charge is 0.0622 e. The van der Waals surface area contributed by atoms with Crippen LogP contribution in [0.25, 0.3) is 22.3 Å². The van der Waals surface area contributed by atoms with E-state index in [9.17, 15) is 0 Å². The molecule has 0 aromatic heterocycles. The number of hydrogen-bond donors (Lipinski definition) is 0. The monoisotopic (exact) mass is 354 g/mol. The van der Waals surface area contributed by atoms with Gasteiger partial charge in [-0.3, -0.25) is 0 Å². The summed E-state index contributed by atoms with van der Waals surface area (Å²) in [5.74, 6) is 6.88. The molecular weight excluding hydrogens is 336 g/mol. The average molecular weight is 354 g/mol. The maximum atomic E-state index is 3.51. The predicted octanol–water partition coefficient (Wildman–Crippen LogP) is 6.68. The minimum Gasteiger partial charge on any atom is -0.0622 e. The fourth-order valence-electron chi connectivity index (χ4n) is 3.83. The third-order valence-corrected chi connectivity index (χ3v) is 5.10. The molecule has 0 fully saturated rings. The number of rotatable bonds is 1. The van der Waals surface area contributed by atoms with Gasteiger partial charge in [0.05, 0.1) is 0 Å². The maximum Gasteiger partial charge on any atom is 0.0406 e. The third-order valence-electron chi connectivity index (χ3n) is 5.10. The number of fused-ring (bicyclic) bond motifs is 3. The Morgan fingerprint density at radius 1 is 0.464 bits per heavy atom. The summed E-state index contributed by atoms with van der Waals surface area (Å²) < 4.78 is 0. The summed E-state index contributed by atoms with van der Waals surface area (Å²) in [5, 5.41) is 0. The van der Waals surface area contributed by atoms with E-state index in [4.69, 9.17) is 0 Å². The Hall–Kier alpha value is -3.82. The summed E-state index contributed by atoms with van der Waals surface area (Å²) in [6.07, 6.45) is 0.